The molecule has 0 saturated carbocycles. The second-order valence-electron chi connectivity index (χ2n) is 7.91. The van der Waals surface area contributed by atoms with E-state index in [0.717, 1.165) is 65.6 Å². The number of aromatic nitrogens is 2. The van der Waals surface area contributed by atoms with E-state index >= 15 is 0 Å². The number of hydrogen-bond acceptors (Lipinski definition) is 6. The van der Waals surface area contributed by atoms with Gasteiger partial charge in [-0.2, -0.15) is 0 Å². The second-order valence-corrected chi connectivity index (χ2v) is 8.34. The van der Waals surface area contributed by atoms with Crippen LogP contribution in [0.3, 0.4) is 0 Å². The Morgan fingerprint density at radius 1 is 0.788 bits per heavy atom. The largest absolute Gasteiger partial charge is 0.497 e. The van der Waals surface area contributed by atoms with Gasteiger partial charge in [0, 0.05) is 42.2 Å². The number of fused-ring (bicyclic) bond motifs is 1. The third-order valence-electron chi connectivity index (χ3n) is 5.99. The Bertz CT molecular complexity index is 1270. The normalized spacial score (nSPS) is 13.9. The van der Waals surface area contributed by atoms with Crippen LogP contribution in [-0.4, -0.2) is 50.4 Å². The van der Waals surface area contributed by atoms with Crippen molar-refractivity contribution in [2.45, 2.75) is 0 Å². The van der Waals surface area contributed by atoms with Crippen LogP contribution < -0.4 is 19.3 Å². The number of para-hydroxylation sites is 2. The van der Waals surface area contributed by atoms with E-state index in [-0.39, 0.29) is 0 Å². The van der Waals surface area contributed by atoms with Gasteiger partial charge in [0.25, 0.3) is 0 Å². The first-order valence-corrected chi connectivity index (χ1v) is 11.3. The zero-order valence-corrected chi connectivity index (χ0v) is 19.4. The Hall–Kier alpha value is -3.51. The minimum Gasteiger partial charge on any atom is -0.497 e. The Morgan fingerprint density at radius 2 is 1.52 bits per heavy atom. The fourth-order valence-electron chi connectivity index (χ4n) is 4.25. The van der Waals surface area contributed by atoms with E-state index < -0.39 is 0 Å². The lowest BCUT2D eigenvalue weighted by Crippen LogP contribution is -2.47. The molecule has 1 aliphatic heterocycles. The average Bonchev–Trinajstić information content (AvgIpc) is 2.88. The first kappa shape index (κ1) is 21.3. The molecular formula is C26H25ClN4O2. The number of ether oxygens (including phenoxy) is 2. The Balaban J connectivity index is 1.48. The number of benzene rings is 3. The molecule has 7 heteroatoms. The molecule has 2 heterocycles. The summed E-state index contributed by atoms with van der Waals surface area (Å²) in [5.41, 5.74) is 2.90. The third-order valence-corrected chi connectivity index (χ3v) is 6.23. The molecule has 0 spiro atoms. The van der Waals surface area contributed by atoms with Gasteiger partial charge in [-0.25, -0.2) is 9.97 Å². The molecule has 168 valence electrons. The lowest BCUT2D eigenvalue weighted by atomic mass is 10.1. The van der Waals surface area contributed by atoms with Crippen LogP contribution in [0.4, 0.5) is 11.5 Å². The van der Waals surface area contributed by atoms with Gasteiger partial charge in [0.15, 0.2) is 5.82 Å². The van der Waals surface area contributed by atoms with Crippen molar-refractivity contribution in [1.29, 1.82) is 0 Å². The highest BCUT2D eigenvalue weighted by Crippen LogP contribution is 2.33. The van der Waals surface area contributed by atoms with E-state index in [1.54, 1.807) is 14.2 Å². The van der Waals surface area contributed by atoms with Gasteiger partial charge in [-0.1, -0.05) is 23.7 Å². The number of nitrogens with zero attached hydrogens (tertiary/aromatic N) is 4. The van der Waals surface area contributed by atoms with Crippen molar-refractivity contribution in [2.75, 3.05) is 50.2 Å². The van der Waals surface area contributed by atoms with Crippen LogP contribution in [-0.2, 0) is 0 Å². The summed E-state index contributed by atoms with van der Waals surface area (Å²) in [6, 6.07) is 21.8. The number of hydrogen-bond donors (Lipinski definition) is 0. The topological polar surface area (TPSA) is 50.7 Å². The maximum absolute atomic E-state index is 6.30. The van der Waals surface area contributed by atoms with Crippen LogP contribution in [0.15, 0.2) is 66.7 Å². The average molecular weight is 461 g/mol. The number of halogens is 1. The van der Waals surface area contributed by atoms with E-state index in [1.807, 2.05) is 60.7 Å². The summed E-state index contributed by atoms with van der Waals surface area (Å²) >= 11 is 6.30. The van der Waals surface area contributed by atoms with Crippen LogP contribution >= 0.6 is 11.6 Å². The molecule has 33 heavy (non-hydrogen) atoms. The minimum atomic E-state index is 0.661. The molecule has 0 radical (unpaired) electrons. The van der Waals surface area contributed by atoms with Crippen molar-refractivity contribution >= 4 is 34.0 Å². The molecule has 1 aromatic heterocycles. The first-order chi connectivity index (χ1) is 16.2. The quantitative estimate of drug-likeness (QED) is 0.403. The Morgan fingerprint density at radius 3 is 2.24 bits per heavy atom. The van der Waals surface area contributed by atoms with Gasteiger partial charge >= 0.3 is 0 Å². The van der Waals surface area contributed by atoms with Crippen molar-refractivity contribution in [3.63, 3.8) is 0 Å². The van der Waals surface area contributed by atoms with Gasteiger partial charge in [-0.05, 0) is 54.6 Å². The molecule has 4 aromatic rings. The fraction of sp³-hybridized carbons (Fsp3) is 0.231. The van der Waals surface area contributed by atoms with Crippen molar-refractivity contribution in [3.8, 4) is 22.9 Å². The highest BCUT2D eigenvalue weighted by molar-refractivity contribution is 6.31. The maximum Gasteiger partial charge on any atom is 0.162 e. The summed E-state index contributed by atoms with van der Waals surface area (Å²) in [6.45, 7) is 3.43. The summed E-state index contributed by atoms with van der Waals surface area (Å²) < 4.78 is 10.9. The molecule has 0 amide bonds. The lowest BCUT2D eigenvalue weighted by Gasteiger charge is -2.37. The van der Waals surface area contributed by atoms with Gasteiger partial charge in [-0.15, -0.1) is 0 Å². The first-order valence-electron chi connectivity index (χ1n) is 10.9. The zero-order valence-electron chi connectivity index (χ0n) is 18.7. The van der Waals surface area contributed by atoms with Gasteiger partial charge in [0.1, 0.15) is 17.3 Å². The summed E-state index contributed by atoms with van der Waals surface area (Å²) in [5.74, 6) is 3.31. The second kappa shape index (κ2) is 9.16. The fourth-order valence-corrected chi connectivity index (χ4v) is 4.41. The summed E-state index contributed by atoms with van der Waals surface area (Å²) in [5, 5.41) is 1.66. The molecule has 0 N–H and O–H groups in total. The van der Waals surface area contributed by atoms with Gasteiger partial charge < -0.3 is 19.3 Å². The van der Waals surface area contributed by atoms with E-state index in [4.69, 9.17) is 31.0 Å². The highest BCUT2D eigenvalue weighted by Gasteiger charge is 2.23. The Kier molecular flexibility index (Phi) is 5.92. The number of anilines is 2. The number of piperazine rings is 1. The maximum atomic E-state index is 6.30. The zero-order chi connectivity index (χ0) is 22.8. The molecule has 3 aromatic carbocycles. The van der Waals surface area contributed by atoms with Crippen LogP contribution in [0.5, 0.6) is 11.5 Å². The van der Waals surface area contributed by atoms with Crippen molar-refractivity contribution in [2.24, 2.45) is 0 Å². The summed E-state index contributed by atoms with van der Waals surface area (Å²) in [4.78, 5) is 14.5. The van der Waals surface area contributed by atoms with Crippen molar-refractivity contribution in [1.82, 2.24) is 9.97 Å². The standard InChI is InChI=1S/C26H25ClN4O2/c1-32-20-10-7-18(8-11-20)25-28-22-17-19(27)9-12-21(22)26(29-25)31-15-13-30(14-16-31)23-5-3-4-6-24(23)33-2/h3-12,17H,13-16H2,1-2H3. The number of rotatable bonds is 5. The molecule has 1 aliphatic rings. The molecule has 0 unspecified atom stereocenters. The molecule has 0 atom stereocenters. The molecule has 6 nitrogen and oxygen atoms in total. The smallest absolute Gasteiger partial charge is 0.162 e. The van der Waals surface area contributed by atoms with Gasteiger partial charge in [0.2, 0.25) is 0 Å². The third kappa shape index (κ3) is 4.26. The molecule has 1 saturated heterocycles. The van der Waals surface area contributed by atoms with E-state index in [0.29, 0.717) is 10.8 Å². The van der Waals surface area contributed by atoms with E-state index in [9.17, 15) is 0 Å². The van der Waals surface area contributed by atoms with Crippen LogP contribution in [0.1, 0.15) is 0 Å². The van der Waals surface area contributed by atoms with Crippen LogP contribution in [0.2, 0.25) is 5.02 Å². The van der Waals surface area contributed by atoms with E-state index in [2.05, 4.69) is 15.9 Å². The SMILES string of the molecule is COc1ccc(-c2nc(N3CCN(c4ccccc4OC)CC3)c3ccc(Cl)cc3n2)cc1. The molecule has 0 bridgehead atoms. The molecule has 1 fully saturated rings. The predicted molar refractivity (Wildman–Crippen MR) is 134 cm³/mol. The lowest BCUT2D eigenvalue weighted by molar-refractivity contribution is 0.413. The molecule has 0 aliphatic carbocycles. The number of methoxy groups -OCH3 is 2. The summed E-state index contributed by atoms with van der Waals surface area (Å²) in [7, 11) is 3.38. The summed E-state index contributed by atoms with van der Waals surface area (Å²) in [6.07, 6.45) is 0. The van der Waals surface area contributed by atoms with Crippen LogP contribution in [0, 0.1) is 0 Å². The predicted octanol–water partition coefficient (Wildman–Crippen LogP) is 5.29. The van der Waals surface area contributed by atoms with Gasteiger partial charge in [0.05, 0.1) is 25.4 Å². The van der Waals surface area contributed by atoms with Crippen LogP contribution in [0.25, 0.3) is 22.3 Å². The van der Waals surface area contributed by atoms with Gasteiger partial charge in [-0.3, -0.25) is 0 Å². The monoisotopic (exact) mass is 460 g/mol. The van der Waals surface area contributed by atoms with E-state index in [1.165, 1.54) is 0 Å². The molecule has 5 rings (SSSR count). The van der Waals surface area contributed by atoms with Crippen molar-refractivity contribution < 1.29 is 9.47 Å². The highest BCUT2D eigenvalue weighted by atomic mass is 35.5. The minimum absolute atomic E-state index is 0.661. The Labute approximate surface area is 198 Å². The van der Waals surface area contributed by atoms with Crippen molar-refractivity contribution in [3.05, 3.63) is 71.8 Å². The molecular weight excluding hydrogens is 436 g/mol.